The van der Waals surface area contributed by atoms with Crippen LogP contribution < -0.4 is 21.3 Å². The lowest BCUT2D eigenvalue weighted by molar-refractivity contribution is -0.116. The number of hydrogen-bond acceptors (Lipinski definition) is 3. The van der Waals surface area contributed by atoms with Gasteiger partial charge in [0.05, 0.1) is 0 Å². The van der Waals surface area contributed by atoms with Gasteiger partial charge in [-0.1, -0.05) is 19.3 Å². The van der Waals surface area contributed by atoms with Gasteiger partial charge in [-0.2, -0.15) is 0 Å². The van der Waals surface area contributed by atoms with E-state index in [1.165, 1.54) is 26.2 Å². The summed E-state index contributed by atoms with van der Waals surface area (Å²) in [7, 11) is 0. The SMILES string of the molecule is CC(=O)Nc1ccc(NC(=O)CCCNC(=O)NC2CCCCC2)cc1. The topological polar surface area (TPSA) is 99.3 Å². The predicted octanol–water partition coefficient (Wildman–Crippen LogP) is 3.00. The fraction of sp³-hybridized carbons (Fsp3) is 0.526. The zero-order valence-electron chi connectivity index (χ0n) is 15.3. The van der Waals surface area contributed by atoms with Gasteiger partial charge in [0.2, 0.25) is 11.8 Å². The Balaban J connectivity index is 1.59. The fourth-order valence-electron chi connectivity index (χ4n) is 3.00. The Hall–Kier alpha value is -2.57. The molecule has 1 saturated carbocycles. The van der Waals surface area contributed by atoms with Gasteiger partial charge < -0.3 is 21.3 Å². The van der Waals surface area contributed by atoms with Crippen molar-refractivity contribution in [3.8, 4) is 0 Å². The average Bonchev–Trinajstić information content (AvgIpc) is 2.61. The minimum Gasteiger partial charge on any atom is -0.338 e. The minimum absolute atomic E-state index is 0.105. The van der Waals surface area contributed by atoms with Crippen LogP contribution in [0.15, 0.2) is 24.3 Å². The summed E-state index contributed by atoms with van der Waals surface area (Å²) in [4.78, 5) is 34.7. The standard InChI is InChI=1S/C19H28N4O3/c1-14(24)21-16-9-11-17(12-10-16)22-18(25)8-5-13-20-19(26)23-15-6-3-2-4-7-15/h9-12,15H,2-8,13H2,1H3,(H,21,24)(H,22,25)(H2,20,23,26). The molecule has 0 bridgehead atoms. The van der Waals surface area contributed by atoms with Crippen molar-refractivity contribution in [2.24, 2.45) is 0 Å². The molecule has 142 valence electrons. The molecule has 4 N–H and O–H groups in total. The molecular formula is C19H28N4O3. The second kappa shape index (κ2) is 10.4. The van der Waals surface area contributed by atoms with Crippen molar-refractivity contribution in [3.05, 3.63) is 24.3 Å². The number of anilines is 2. The van der Waals surface area contributed by atoms with Gasteiger partial charge in [-0.25, -0.2) is 4.79 Å². The van der Waals surface area contributed by atoms with Crippen LogP contribution in [-0.4, -0.2) is 30.4 Å². The zero-order valence-corrected chi connectivity index (χ0v) is 15.3. The summed E-state index contributed by atoms with van der Waals surface area (Å²) in [5.74, 6) is -0.242. The first-order valence-corrected chi connectivity index (χ1v) is 9.25. The van der Waals surface area contributed by atoms with Crippen molar-refractivity contribution < 1.29 is 14.4 Å². The molecule has 1 aromatic carbocycles. The lowest BCUT2D eigenvalue weighted by Gasteiger charge is -2.22. The van der Waals surface area contributed by atoms with Gasteiger partial charge >= 0.3 is 6.03 Å². The molecule has 0 radical (unpaired) electrons. The Morgan fingerprint density at radius 2 is 1.58 bits per heavy atom. The quantitative estimate of drug-likeness (QED) is 0.563. The van der Waals surface area contributed by atoms with Gasteiger partial charge in [0.25, 0.3) is 0 Å². The second-order valence-electron chi connectivity index (χ2n) is 6.65. The van der Waals surface area contributed by atoms with E-state index in [0.717, 1.165) is 12.8 Å². The Labute approximate surface area is 154 Å². The Morgan fingerprint density at radius 1 is 0.962 bits per heavy atom. The number of nitrogens with one attached hydrogen (secondary N) is 4. The molecule has 4 amide bonds. The molecule has 0 heterocycles. The number of carbonyl (C=O) groups excluding carboxylic acids is 3. The molecule has 1 fully saturated rings. The van der Waals surface area contributed by atoms with Crippen LogP contribution in [-0.2, 0) is 9.59 Å². The summed E-state index contributed by atoms with van der Waals surface area (Å²) < 4.78 is 0. The van der Waals surface area contributed by atoms with E-state index in [1.54, 1.807) is 24.3 Å². The van der Waals surface area contributed by atoms with E-state index in [-0.39, 0.29) is 23.9 Å². The molecule has 2 rings (SSSR count). The molecule has 0 aromatic heterocycles. The molecule has 0 aliphatic heterocycles. The van der Waals surface area contributed by atoms with E-state index in [0.29, 0.717) is 30.8 Å². The van der Waals surface area contributed by atoms with E-state index in [4.69, 9.17) is 0 Å². The normalized spacial score (nSPS) is 14.3. The highest BCUT2D eigenvalue weighted by molar-refractivity contribution is 5.92. The first kappa shape index (κ1) is 19.8. The largest absolute Gasteiger partial charge is 0.338 e. The number of carbonyl (C=O) groups is 3. The first-order chi connectivity index (χ1) is 12.5. The summed E-state index contributed by atoms with van der Waals surface area (Å²) in [5, 5.41) is 11.3. The third-order valence-electron chi connectivity index (χ3n) is 4.30. The summed E-state index contributed by atoms with van der Waals surface area (Å²) in [6.45, 7) is 1.91. The molecule has 1 aromatic rings. The van der Waals surface area contributed by atoms with Crippen molar-refractivity contribution in [2.45, 2.75) is 57.9 Å². The van der Waals surface area contributed by atoms with Gasteiger partial charge in [0.15, 0.2) is 0 Å². The summed E-state index contributed by atoms with van der Waals surface area (Å²) in [6.07, 6.45) is 6.62. The van der Waals surface area contributed by atoms with Gasteiger partial charge in [-0.3, -0.25) is 9.59 Å². The average molecular weight is 360 g/mol. The molecule has 7 nitrogen and oxygen atoms in total. The molecular weight excluding hydrogens is 332 g/mol. The minimum atomic E-state index is -0.147. The maximum Gasteiger partial charge on any atom is 0.315 e. The predicted molar refractivity (Wildman–Crippen MR) is 102 cm³/mol. The molecule has 0 atom stereocenters. The number of benzene rings is 1. The van der Waals surface area contributed by atoms with Crippen LogP contribution >= 0.6 is 0 Å². The molecule has 0 unspecified atom stereocenters. The van der Waals surface area contributed by atoms with Crippen LogP contribution in [0.25, 0.3) is 0 Å². The van der Waals surface area contributed by atoms with Crippen LogP contribution in [0.3, 0.4) is 0 Å². The van der Waals surface area contributed by atoms with Crippen LogP contribution in [0.4, 0.5) is 16.2 Å². The zero-order chi connectivity index (χ0) is 18.8. The fourth-order valence-corrected chi connectivity index (χ4v) is 3.00. The number of hydrogen-bond donors (Lipinski definition) is 4. The first-order valence-electron chi connectivity index (χ1n) is 9.25. The van der Waals surface area contributed by atoms with Gasteiger partial charge in [0.1, 0.15) is 0 Å². The maximum atomic E-state index is 11.9. The lowest BCUT2D eigenvalue weighted by Crippen LogP contribution is -2.43. The number of rotatable bonds is 7. The lowest BCUT2D eigenvalue weighted by atomic mass is 9.96. The van der Waals surface area contributed by atoms with E-state index < -0.39 is 0 Å². The molecule has 1 aliphatic carbocycles. The Morgan fingerprint density at radius 3 is 2.19 bits per heavy atom. The van der Waals surface area contributed by atoms with Crippen molar-refractivity contribution in [3.63, 3.8) is 0 Å². The Kier molecular flexibility index (Phi) is 7.92. The van der Waals surface area contributed by atoms with Crippen LogP contribution in [0.2, 0.25) is 0 Å². The van der Waals surface area contributed by atoms with E-state index >= 15 is 0 Å². The van der Waals surface area contributed by atoms with Crippen LogP contribution in [0, 0.1) is 0 Å². The highest BCUT2D eigenvalue weighted by Crippen LogP contribution is 2.17. The van der Waals surface area contributed by atoms with Crippen molar-refractivity contribution in [1.29, 1.82) is 0 Å². The third-order valence-corrected chi connectivity index (χ3v) is 4.30. The van der Waals surface area contributed by atoms with E-state index in [2.05, 4.69) is 21.3 Å². The second-order valence-corrected chi connectivity index (χ2v) is 6.65. The summed E-state index contributed by atoms with van der Waals surface area (Å²) in [6, 6.07) is 7.07. The molecule has 0 saturated heterocycles. The number of amides is 4. The smallest absolute Gasteiger partial charge is 0.315 e. The highest BCUT2D eigenvalue weighted by atomic mass is 16.2. The number of urea groups is 1. The molecule has 7 heteroatoms. The molecule has 1 aliphatic rings. The van der Waals surface area contributed by atoms with E-state index in [9.17, 15) is 14.4 Å². The summed E-state index contributed by atoms with van der Waals surface area (Å²) >= 11 is 0. The third kappa shape index (κ3) is 7.55. The van der Waals surface area contributed by atoms with E-state index in [1.807, 2.05) is 0 Å². The van der Waals surface area contributed by atoms with Crippen LogP contribution in [0.5, 0.6) is 0 Å². The van der Waals surface area contributed by atoms with Crippen LogP contribution in [0.1, 0.15) is 51.9 Å². The highest BCUT2D eigenvalue weighted by Gasteiger charge is 2.15. The summed E-state index contributed by atoms with van der Waals surface area (Å²) in [5.41, 5.74) is 1.36. The van der Waals surface area contributed by atoms with Crippen molar-refractivity contribution in [1.82, 2.24) is 10.6 Å². The van der Waals surface area contributed by atoms with Crippen molar-refractivity contribution in [2.75, 3.05) is 17.2 Å². The van der Waals surface area contributed by atoms with Gasteiger partial charge in [-0.05, 0) is 43.5 Å². The monoisotopic (exact) mass is 360 g/mol. The maximum absolute atomic E-state index is 11.9. The van der Waals surface area contributed by atoms with Gasteiger partial charge in [0, 0.05) is 37.3 Å². The van der Waals surface area contributed by atoms with Gasteiger partial charge in [-0.15, -0.1) is 0 Å². The molecule has 0 spiro atoms. The Bertz CT molecular complexity index is 610. The molecule has 26 heavy (non-hydrogen) atoms. The van der Waals surface area contributed by atoms with Crippen molar-refractivity contribution >= 4 is 29.2 Å².